The number of aryl methyl sites for hydroxylation is 2. The van der Waals surface area contributed by atoms with Crippen LogP contribution in [0.15, 0.2) is 72.6 Å². The van der Waals surface area contributed by atoms with Crippen molar-refractivity contribution in [2.75, 3.05) is 7.11 Å². The average Bonchev–Trinajstić information content (AvgIpc) is 3.04. The molecule has 0 spiro atoms. The van der Waals surface area contributed by atoms with E-state index in [1.807, 2.05) is 50.2 Å². The summed E-state index contributed by atoms with van der Waals surface area (Å²) in [4.78, 5) is 31.9. The average molecular weight is 428 g/mol. The molecule has 0 bridgehead atoms. The number of carbonyl (C=O) groups excluding carboxylic acids is 2. The lowest BCUT2D eigenvalue weighted by molar-refractivity contribution is -0.140. The summed E-state index contributed by atoms with van der Waals surface area (Å²) in [5.74, 6) is -0.871. The molecule has 1 amide bonds. The number of aromatic nitrogens is 1. The zero-order valence-corrected chi connectivity index (χ0v) is 18.2. The van der Waals surface area contributed by atoms with E-state index in [0.29, 0.717) is 11.3 Å². The fraction of sp³-hybridized carbons (Fsp3) is 0.192. The zero-order chi connectivity index (χ0) is 22.8. The minimum absolute atomic E-state index is 0.0895. The molecule has 0 saturated carbocycles. The summed E-state index contributed by atoms with van der Waals surface area (Å²) in [6.45, 7) is 3.98. The summed E-state index contributed by atoms with van der Waals surface area (Å²) < 4.78 is 5.25. The molecule has 1 N–H and O–H groups in total. The van der Waals surface area contributed by atoms with Crippen LogP contribution in [0.25, 0.3) is 5.76 Å². The highest BCUT2D eigenvalue weighted by molar-refractivity contribution is 6.46. The molecule has 6 heteroatoms. The molecule has 1 aromatic heterocycles. The number of aliphatic hydroxyl groups excluding tert-OH is 1. The van der Waals surface area contributed by atoms with E-state index in [4.69, 9.17) is 4.74 Å². The molecule has 1 atom stereocenters. The molecule has 2 aromatic carbocycles. The number of ketones is 1. The van der Waals surface area contributed by atoms with Crippen LogP contribution >= 0.6 is 0 Å². The predicted octanol–water partition coefficient (Wildman–Crippen LogP) is 4.33. The van der Waals surface area contributed by atoms with Crippen LogP contribution in [0.1, 0.15) is 33.9 Å². The van der Waals surface area contributed by atoms with Crippen LogP contribution < -0.4 is 4.74 Å². The number of benzene rings is 2. The first-order valence-electron chi connectivity index (χ1n) is 10.3. The maximum Gasteiger partial charge on any atom is 0.295 e. The molecule has 162 valence electrons. The van der Waals surface area contributed by atoms with E-state index in [-0.39, 0.29) is 17.9 Å². The van der Waals surface area contributed by atoms with Gasteiger partial charge < -0.3 is 14.7 Å². The Hall–Kier alpha value is -3.93. The number of pyridine rings is 1. The summed E-state index contributed by atoms with van der Waals surface area (Å²) in [5, 5.41) is 11.3. The molecule has 0 aliphatic carbocycles. The van der Waals surface area contributed by atoms with E-state index in [0.717, 1.165) is 22.3 Å². The van der Waals surface area contributed by atoms with Gasteiger partial charge in [-0.05, 0) is 66.4 Å². The highest BCUT2D eigenvalue weighted by Crippen LogP contribution is 2.41. The van der Waals surface area contributed by atoms with Gasteiger partial charge in [0.15, 0.2) is 0 Å². The molecular formula is C26H24N2O4. The molecule has 1 unspecified atom stereocenters. The van der Waals surface area contributed by atoms with Crippen LogP contribution in [-0.4, -0.2) is 33.8 Å². The Labute approximate surface area is 186 Å². The van der Waals surface area contributed by atoms with Gasteiger partial charge in [0.25, 0.3) is 11.7 Å². The van der Waals surface area contributed by atoms with Gasteiger partial charge in [-0.15, -0.1) is 0 Å². The van der Waals surface area contributed by atoms with Gasteiger partial charge >= 0.3 is 0 Å². The topological polar surface area (TPSA) is 79.7 Å². The van der Waals surface area contributed by atoms with Crippen molar-refractivity contribution >= 4 is 17.4 Å². The molecule has 4 rings (SSSR count). The quantitative estimate of drug-likeness (QED) is 0.372. The zero-order valence-electron chi connectivity index (χ0n) is 18.2. The van der Waals surface area contributed by atoms with Crippen molar-refractivity contribution in [1.29, 1.82) is 0 Å². The molecule has 2 heterocycles. The number of ether oxygens (including phenoxy) is 1. The summed E-state index contributed by atoms with van der Waals surface area (Å²) in [6.07, 6.45) is 3.30. The van der Waals surface area contributed by atoms with Gasteiger partial charge in [-0.1, -0.05) is 24.3 Å². The van der Waals surface area contributed by atoms with E-state index in [1.54, 1.807) is 37.7 Å². The van der Waals surface area contributed by atoms with Gasteiger partial charge in [-0.25, -0.2) is 0 Å². The van der Waals surface area contributed by atoms with Crippen LogP contribution in [0.5, 0.6) is 5.75 Å². The second-order valence-electron chi connectivity index (χ2n) is 7.82. The number of hydrogen-bond acceptors (Lipinski definition) is 5. The highest BCUT2D eigenvalue weighted by Gasteiger charge is 2.46. The molecule has 3 aromatic rings. The smallest absolute Gasteiger partial charge is 0.295 e. The van der Waals surface area contributed by atoms with Gasteiger partial charge in [0.2, 0.25) is 0 Å². The number of rotatable bonds is 5. The van der Waals surface area contributed by atoms with Crippen LogP contribution in [-0.2, 0) is 16.1 Å². The number of aliphatic hydroxyl groups is 1. The minimum atomic E-state index is -0.703. The Balaban J connectivity index is 1.90. The lowest BCUT2D eigenvalue weighted by Crippen LogP contribution is -2.29. The molecule has 1 fully saturated rings. The third kappa shape index (κ3) is 3.75. The first kappa shape index (κ1) is 21.3. The summed E-state index contributed by atoms with van der Waals surface area (Å²) in [5.41, 5.74) is 3.90. The van der Waals surface area contributed by atoms with Gasteiger partial charge in [0.05, 0.1) is 18.7 Å². The lowest BCUT2D eigenvalue weighted by atomic mass is 9.91. The molecule has 32 heavy (non-hydrogen) atoms. The van der Waals surface area contributed by atoms with E-state index >= 15 is 0 Å². The van der Waals surface area contributed by atoms with E-state index in [1.165, 1.54) is 4.90 Å². The number of nitrogens with zero attached hydrogens (tertiary/aromatic N) is 2. The van der Waals surface area contributed by atoms with Crippen molar-refractivity contribution in [2.45, 2.75) is 26.4 Å². The summed E-state index contributed by atoms with van der Waals surface area (Å²) in [6, 6.07) is 15.7. The summed E-state index contributed by atoms with van der Waals surface area (Å²) in [7, 11) is 1.57. The number of methoxy groups -OCH3 is 1. The third-order valence-corrected chi connectivity index (χ3v) is 5.81. The normalized spacial score (nSPS) is 17.6. The van der Waals surface area contributed by atoms with E-state index in [9.17, 15) is 14.7 Å². The van der Waals surface area contributed by atoms with Crippen LogP contribution in [0, 0.1) is 13.8 Å². The largest absolute Gasteiger partial charge is 0.507 e. The Bertz CT molecular complexity index is 1220. The van der Waals surface area contributed by atoms with Crippen molar-refractivity contribution in [2.24, 2.45) is 0 Å². The van der Waals surface area contributed by atoms with Crippen molar-refractivity contribution in [1.82, 2.24) is 9.88 Å². The molecule has 6 nitrogen and oxygen atoms in total. The predicted molar refractivity (Wildman–Crippen MR) is 121 cm³/mol. The number of Topliss-reactive ketones (excluding diaryl/α,β-unsaturated/α-hetero) is 1. The van der Waals surface area contributed by atoms with Crippen molar-refractivity contribution in [3.05, 3.63) is 100 Å². The first-order chi connectivity index (χ1) is 15.4. The number of carbonyl (C=O) groups is 2. The number of hydrogen-bond donors (Lipinski definition) is 1. The van der Waals surface area contributed by atoms with Gasteiger partial charge in [0, 0.05) is 24.5 Å². The maximum absolute atomic E-state index is 13.2. The number of likely N-dealkylation sites (tertiary alicyclic amines) is 1. The Morgan fingerprint density at radius 3 is 2.41 bits per heavy atom. The van der Waals surface area contributed by atoms with E-state index in [2.05, 4.69) is 4.98 Å². The monoisotopic (exact) mass is 428 g/mol. The Morgan fingerprint density at radius 2 is 1.75 bits per heavy atom. The Morgan fingerprint density at radius 1 is 1.03 bits per heavy atom. The van der Waals surface area contributed by atoms with E-state index < -0.39 is 17.7 Å². The standard InChI is InChI=1S/C26H24N2O4/c1-16-6-4-5-7-20(16)23-22(24(29)21-9-8-19(32-3)14-17(21)2)25(30)26(31)28(23)15-18-10-12-27-13-11-18/h4-14,23,29H,15H2,1-3H3/b24-22+. The van der Waals surface area contributed by atoms with Gasteiger partial charge in [-0.3, -0.25) is 14.6 Å². The summed E-state index contributed by atoms with van der Waals surface area (Å²) >= 11 is 0. The molecular weight excluding hydrogens is 404 g/mol. The lowest BCUT2D eigenvalue weighted by Gasteiger charge is -2.26. The second kappa shape index (κ2) is 8.67. The second-order valence-corrected chi connectivity index (χ2v) is 7.82. The molecule has 1 aliphatic heterocycles. The van der Waals surface area contributed by atoms with Crippen molar-refractivity contribution in [3.63, 3.8) is 0 Å². The molecule has 0 radical (unpaired) electrons. The minimum Gasteiger partial charge on any atom is -0.507 e. The molecule has 1 saturated heterocycles. The maximum atomic E-state index is 13.2. The van der Waals surface area contributed by atoms with Crippen LogP contribution in [0.2, 0.25) is 0 Å². The Kier molecular flexibility index (Phi) is 5.77. The van der Waals surface area contributed by atoms with Crippen LogP contribution in [0.4, 0.5) is 0 Å². The third-order valence-electron chi connectivity index (χ3n) is 5.81. The number of amides is 1. The molecule has 1 aliphatic rings. The fourth-order valence-electron chi connectivity index (χ4n) is 4.12. The highest BCUT2D eigenvalue weighted by atomic mass is 16.5. The van der Waals surface area contributed by atoms with Crippen molar-refractivity contribution in [3.8, 4) is 5.75 Å². The van der Waals surface area contributed by atoms with Crippen LogP contribution in [0.3, 0.4) is 0 Å². The first-order valence-corrected chi connectivity index (χ1v) is 10.3. The van der Waals surface area contributed by atoms with Gasteiger partial charge in [0.1, 0.15) is 11.5 Å². The SMILES string of the molecule is COc1ccc(/C(O)=C2\C(=O)C(=O)N(Cc3ccncc3)C2c2ccccc2C)c(C)c1. The van der Waals surface area contributed by atoms with Gasteiger partial charge in [-0.2, -0.15) is 0 Å². The fourth-order valence-corrected chi connectivity index (χ4v) is 4.12. The van der Waals surface area contributed by atoms with Crippen molar-refractivity contribution < 1.29 is 19.4 Å².